The zero-order chi connectivity index (χ0) is 38.7. The summed E-state index contributed by atoms with van der Waals surface area (Å²) in [6.45, 7) is -2.96. The van der Waals surface area contributed by atoms with Gasteiger partial charge in [0.1, 0.15) is 36.8 Å². The number of hydrogen-bond donors (Lipinski definition) is 5. The Bertz CT molecular complexity index is 1760. The zero-order valence-corrected chi connectivity index (χ0v) is 30.1. The molecule has 0 spiro atoms. The fourth-order valence-corrected chi connectivity index (χ4v) is 8.25. The summed E-state index contributed by atoms with van der Waals surface area (Å²) in [6.07, 6.45) is -14.1. The molecule has 7 N–H and O–H groups in total. The lowest BCUT2D eigenvalue weighted by molar-refractivity contribution is -0.296. The van der Waals surface area contributed by atoms with Crippen LogP contribution in [0.5, 0.6) is 0 Å². The number of aromatic nitrogens is 4. The number of alkyl halides is 1. The minimum atomic E-state index is -5.70. The molecule has 2 aromatic rings. The lowest BCUT2D eigenvalue weighted by Gasteiger charge is -2.44. The van der Waals surface area contributed by atoms with Gasteiger partial charge in [-0.05, 0) is 11.8 Å². The van der Waals surface area contributed by atoms with Crippen molar-refractivity contribution in [1.82, 2.24) is 19.5 Å². The minimum Gasteiger partial charge on any atom is -0.463 e. The molecule has 0 saturated carbocycles. The van der Waals surface area contributed by atoms with Crippen molar-refractivity contribution in [2.45, 2.75) is 89.1 Å². The van der Waals surface area contributed by atoms with Crippen LogP contribution >= 0.6 is 14.5 Å². The van der Waals surface area contributed by atoms with Crippen LogP contribution in [0.3, 0.4) is 0 Å². The number of fused-ring (bicyclic) bond motifs is 1. The first-order chi connectivity index (χ1) is 24.2. The number of esters is 4. The van der Waals surface area contributed by atoms with E-state index in [2.05, 4.69) is 19.7 Å². The molecule has 2 aliphatic heterocycles. The number of nitrogens with two attached hydrogens (primary N) is 2. The quantitative estimate of drug-likeness (QED) is 0.0849. The molecule has 4 rings (SSSR count). The Labute approximate surface area is 297 Å². The Balaban J connectivity index is 1.52. The highest BCUT2D eigenvalue weighted by atomic mass is 32.5. The number of carbonyl (C=O) groups is 4. The number of nitrogen functional groups attached to an aromatic ring is 1. The molecule has 290 valence electrons. The second kappa shape index (κ2) is 16.8. The summed E-state index contributed by atoms with van der Waals surface area (Å²) in [6, 6.07) is -1.12. The first kappa shape index (κ1) is 41.4. The molecule has 4 heterocycles. The van der Waals surface area contributed by atoms with Gasteiger partial charge in [-0.3, -0.25) is 28.3 Å². The van der Waals surface area contributed by atoms with Gasteiger partial charge in [-0.25, -0.2) is 28.2 Å². The van der Waals surface area contributed by atoms with E-state index in [4.69, 9.17) is 60.3 Å². The topological polar surface area (TPSA) is 325 Å². The molecule has 0 bridgehead atoms. The molecule has 12 atom stereocenters. The Hall–Kier alpha value is -3.32. The maximum absolute atomic E-state index is 15.5. The van der Waals surface area contributed by atoms with Gasteiger partial charge >= 0.3 is 38.4 Å². The second-order valence-electron chi connectivity index (χ2n) is 11.1. The number of ether oxygens (including phenoxy) is 6. The van der Waals surface area contributed by atoms with Gasteiger partial charge in [0, 0.05) is 27.7 Å². The molecule has 2 fully saturated rings. The van der Waals surface area contributed by atoms with E-state index in [0.717, 1.165) is 27.7 Å². The van der Waals surface area contributed by atoms with Crippen molar-refractivity contribution in [1.29, 1.82) is 0 Å². The van der Waals surface area contributed by atoms with E-state index in [1.807, 2.05) is 0 Å². The number of phosphoric acid groups is 1. The number of anilines is 1. The van der Waals surface area contributed by atoms with Gasteiger partial charge in [0.05, 0.1) is 19.0 Å². The standard InChI is InChI=1S/C25H35FN6O17P2S/c1-9(33)41-5-13(26)18-19(43-10(2)34)20(44-11(3)35)21(45-12(4)36)25(47-18)48-50(38,39)49-51(40,52)42-6-14-17(37)15(27)24(46-14)32-8-31-16-22(28)29-7-30-23(16)32/h7-8,13-15,17-21,24-25,37H,5-6,27H2,1-4H3,(H,38,39)(H,40,52)(H2,28,29,30)/t13-,14+,15+,17+,18?,19?,20?,21?,24+,25?,51?/m0/s1. The third-order valence-electron chi connectivity index (χ3n) is 7.16. The van der Waals surface area contributed by atoms with E-state index in [1.165, 1.54) is 17.2 Å². The van der Waals surface area contributed by atoms with E-state index in [9.17, 15) is 38.6 Å². The van der Waals surface area contributed by atoms with Gasteiger partial charge in [0.25, 0.3) is 0 Å². The van der Waals surface area contributed by atoms with Crippen LogP contribution in [0.4, 0.5) is 10.2 Å². The van der Waals surface area contributed by atoms with Crippen LogP contribution < -0.4 is 11.5 Å². The Morgan fingerprint density at radius 3 is 2.23 bits per heavy atom. The molecule has 7 unspecified atom stereocenters. The number of rotatable bonds is 14. The zero-order valence-electron chi connectivity index (χ0n) is 27.5. The van der Waals surface area contributed by atoms with Crippen LogP contribution in [0.15, 0.2) is 12.7 Å². The summed E-state index contributed by atoms with van der Waals surface area (Å²) in [5.74, 6) is -4.09. The third-order valence-corrected chi connectivity index (χ3v) is 10.7. The summed E-state index contributed by atoms with van der Waals surface area (Å²) in [5, 5.41) is 10.7. The maximum atomic E-state index is 15.5. The second-order valence-corrected chi connectivity index (χ2v) is 15.5. The SMILES string of the molecule is CC(=O)OC[C@H](F)C1OC(OP(=O)(O)OP(O)(=S)OC[C@H]2O[C@@H](n3cnc4c(N)ncnc43)[C@H](N)[C@@H]2O)C(OC(C)=O)C(OC(C)=O)C1OC(C)=O. The summed E-state index contributed by atoms with van der Waals surface area (Å²) in [4.78, 5) is 80.7. The highest BCUT2D eigenvalue weighted by molar-refractivity contribution is 8.08. The van der Waals surface area contributed by atoms with E-state index in [1.54, 1.807) is 0 Å². The molecular weight excluding hydrogens is 769 g/mol. The van der Waals surface area contributed by atoms with E-state index < -0.39 is 113 Å². The molecule has 0 amide bonds. The highest BCUT2D eigenvalue weighted by Gasteiger charge is 2.57. The summed E-state index contributed by atoms with van der Waals surface area (Å²) in [5.41, 5.74) is 12.4. The fraction of sp³-hybridized carbons (Fsp3) is 0.640. The monoisotopic (exact) mass is 804 g/mol. The molecule has 2 saturated heterocycles. The normalized spacial score (nSPS) is 30.4. The first-order valence-corrected chi connectivity index (χ1v) is 18.9. The number of aliphatic hydroxyl groups excluding tert-OH is 1. The van der Waals surface area contributed by atoms with Crippen LogP contribution in [-0.2, 0) is 77.3 Å². The number of phosphoric ester groups is 1. The van der Waals surface area contributed by atoms with Gasteiger partial charge in [-0.15, -0.1) is 0 Å². The summed E-state index contributed by atoms with van der Waals surface area (Å²) in [7, 11) is -5.70. The van der Waals surface area contributed by atoms with Crippen LogP contribution in [0, 0.1) is 0 Å². The smallest absolute Gasteiger partial charge is 0.463 e. The van der Waals surface area contributed by atoms with Gasteiger partial charge < -0.3 is 59.3 Å². The van der Waals surface area contributed by atoms with Gasteiger partial charge in [0.2, 0.25) is 6.29 Å². The van der Waals surface area contributed by atoms with Crippen molar-refractivity contribution >= 4 is 67.2 Å². The van der Waals surface area contributed by atoms with Crippen molar-refractivity contribution < 1.29 is 84.8 Å². The lowest BCUT2D eigenvalue weighted by Crippen LogP contribution is -2.64. The van der Waals surface area contributed by atoms with Crippen molar-refractivity contribution in [3.63, 3.8) is 0 Å². The van der Waals surface area contributed by atoms with Crippen molar-refractivity contribution in [3.8, 4) is 0 Å². The first-order valence-electron chi connectivity index (χ1n) is 14.9. The third kappa shape index (κ3) is 10.2. The van der Waals surface area contributed by atoms with Crippen molar-refractivity contribution in [3.05, 3.63) is 12.7 Å². The number of halogens is 1. The molecule has 23 nitrogen and oxygen atoms in total. The molecular formula is C25H35FN6O17P2S. The number of carbonyl (C=O) groups excluding carboxylic acids is 4. The van der Waals surface area contributed by atoms with Gasteiger partial charge in [0.15, 0.2) is 42.2 Å². The van der Waals surface area contributed by atoms with Gasteiger partial charge in [-0.1, -0.05) is 0 Å². The largest absolute Gasteiger partial charge is 0.481 e. The van der Waals surface area contributed by atoms with Crippen molar-refractivity contribution in [2.24, 2.45) is 5.73 Å². The lowest BCUT2D eigenvalue weighted by atomic mass is 9.95. The van der Waals surface area contributed by atoms with Crippen LogP contribution in [-0.4, -0.2) is 127 Å². The predicted molar refractivity (Wildman–Crippen MR) is 169 cm³/mol. The average molecular weight is 805 g/mol. The van der Waals surface area contributed by atoms with E-state index >= 15 is 4.39 Å². The summed E-state index contributed by atoms with van der Waals surface area (Å²) >= 11 is 4.85. The highest BCUT2D eigenvalue weighted by Crippen LogP contribution is 2.62. The fourth-order valence-electron chi connectivity index (χ4n) is 5.16. The molecule has 0 radical (unpaired) electrons. The average Bonchev–Trinajstić information content (AvgIpc) is 3.57. The number of nitrogens with zero attached hydrogens (tertiary/aromatic N) is 4. The van der Waals surface area contributed by atoms with Crippen LogP contribution in [0.25, 0.3) is 11.2 Å². The number of aliphatic hydroxyl groups is 1. The van der Waals surface area contributed by atoms with Gasteiger partial charge in [-0.2, -0.15) is 0 Å². The molecule has 2 aliphatic rings. The maximum Gasteiger partial charge on any atom is 0.481 e. The molecule has 52 heavy (non-hydrogen) atoms. The number of hydrogen-bond acceptors (Lipinski definition) is 21. The van der Waals surface area contributed by atoms with Crippen LogP contribution in [0.2, 0.25) is 0 Å². The Morgan fingerprint density at radius 2 is 1.62 bits per heavy atom. The van der Waals surface area contributed by atoms with E-state index in [-0.39, 0.29) is 17.0 Å². The van der Waals surface area contributed by atoms with Crippen molar-refractivity contribution in [2.75, 3.05) is 18.9 Å². The Morgan fingerprint density at radius 1 is 1.00 bits per heavy atom. The predicted octanol–water partition coefficient (Wildman–Crippen LogP) is -1.22. The molecule has 0 aliphatic carbocycles. The summed E-state index contributed by atoms with van der Waals surface area (Å²) < 4.78 is 76.1. The van der Waals surface area contributed by atoms with E-state index in [0.29, 0.717) is 0 Å². The Kier molecular flexibility index (Phi) is 13.4. The molecule has 27 heteroatoms. The minimum absolute atomic E-state index is 0.0652. The number of imidazole rings is 1. The molecule has 0 aromatic carbocycles. The molecule has 2 aromatic heterocycles. The van der Waals surface area contributed by atoms with Crippen LogP contribution in [0.1, 0.15) is 33.9 Å².